The fraction of sp³-hybridized carbons (Fsp3) is 0.412. The van der Waals surface area contributed by atoms with Crippen LogP contribution in [0, 0.1) is 34.5 Å². The lowest BCUT2D eigenvalue weighted by Gasteiger charge is -2.50. The van der Waals surface area contributed by atoms with Crippen LogP contribution >= 0.6 is 0 Å². The minimum Gasteiger partial charge on any atom is -0.346 e. The van der Waals surface area contributed by atoms with Crippen LogP contribution in [-0.4, -0.2) is 113 Å². The highest BCUT2D eigenvalue weighted by atomic mass is 32.2. The van der Waals surface area contributed by atoms with Gasteiger partial charge in [0.2, 0.25) is 20.0 Å². The molecular weight excluding hydrogens is 733 g/mol. The Morgan fingerprint density at radius 1 is 0.704 bits per heavy atom. The summed E-state index contributed by atoms with van der Waals surface area (Å²) in [7, 11) is -6.58. The number of hydrogen-bond acceptors (Lipinski definition) is 12. The van der Waals surface area contributed by atoms with E-state index in [1.54, 1.807) is 61.8 Å². The average Bonchev–Trinajstić information content (AvgIpc) is 3.97. The minimum atomic E-state index is -3.29. The van der Waals surface area contributed by atoms with Crippen LogP contribution < -0.4 is 0 Å². The molecular formula is C34H38N14O4S2. The summed E-state index contributed by atoms with van der Waals surface area (Å²) in [6.07, 6.45) is 13.6. The molecule has 2 N–H and O–H groups in total. The second-order valence-electron chi connectivity index (χ2n) is 13.5. The molecule has 2 aliphatic rings. The van der Waals surface area contributed by atoms with Crippen LogP contribution in [0.15, 0.2) is 62.0 Å². The second-order valence-corrected chi connectivity index (χ2v) is 18.0. The summed E-state index contributed by atoms with van der Waals surface area (Å²) >= 11 is 0. The Bertz CT molecular complexity index is 2450. The molecule has 8 rings (SSSR count). The Morgan fingerprint density at radius 2 is 1.09 bits per heavy atom. The summed E-state index contributed by atoms with van der Waals surface area (Å²) in [4.78, 5) is 23.2. The first-order valence-corrected chi connectivity index (χ1v) is 20.5. The molecule has 0 unspecified atom stereocenters. The molecule has 0 aliphatic carbocycles. The van der Waals surface area contributed by atoms with Crippen LogP contribution in [0.1, 0.15) is 27.7 Å². The van der Waals surface area contributed by atoms with Crippen LogP contribution in [0.3, 0.4) is 0 Å². The zero-order valence-electron chi connectivity index (χ0n) is 30.0. The van der Waals surface area contributed by atoms with Gasteiger partial charge in [-0.25, -0.2) is 36.8 Å². The van der Waals surface area contributed by atoms with Gasteiger partial charge in [0.15, 0.2) is 0 Å². The molecule has 0 aromatic carbocycles. The summed E-state index contributed by atoms with van der Waals surface area (Å²) in [5, 5.41) is 29.7. The molecule has 2 saturated heterocycles. The number of H-pyrrole nitrogens is 2. The average molecular weight is 771 g/mol. The number of nitriles is 2. The number of aromatic nitrogens is 10. The Labute approximate surface area is 311 Å². The van der Waals surface area contributed by atoms with Gasteiger partial charge in [-0.15, -0.1) is 0 Å². The highest BCUT2D eigenvalue weighted by molar-refractivity contribution is 7.89. The zero-order chi connectivity index (χ0) is 38.5. The molecule has 2 fully saturated rings. The first kappa shape index (κ1) is 36.8. The SMILES string of the molecule is CCS(=O)(=O)N1CC([C@@H](C)C#N)(n2cc(-c3ncnc4[nH]ccc34)cn2)C1.CCS(=O)(=O)N1CC([C@H](C)C#N)(n2cc(-c3ncnc4[nH]ccc34)cn2)C1. The van der Waals surface area contributed by atoms with Crippen molar-refractivity contribution < 1.29 is 16.8 Å². The van der Waals surface area contributed by atoms with Crippen LogP contribution in [0.2, 0.25) is 0 Å². The van der Waals surface area contributed by atoms with E-state index in [-0.39, 0.29) is 37.7 Å². The van der Waals surface area contributed by atoms with E-state index in [1.165, 1.54) is 21.3 Å². The molecule has 0 amide bonds. The number of rotatable bonds is 10. The molecule has 6 aromatic rings. The summed E-state index contributed by atoms with van der Waals surface area (Å²) in [5.41, 5.74) is 3.17. The van der Waals surface area contributed by atoms with Gasteiger partial charge >= 0.3 is 0 Å². The maximum Gasteiger partial charge on any atom is 0.213 e. The van der Waals surface area contributed by atoms with Crippen molar-refractivity contribution in [1.82, 2.24) is 58.1 Å². The topological polar surface area (TPSA) is 241 Å². The van der Waals surface area contributed by atoms with Crippen molar-refractivity contribution in [3.63, 3.8) is 0 Å². The van der Waals surface area contributed by atoms with Crippen LogP contribution in [0.4, 0.5) is 0 Å². The highest BCUT2D eigenvalue weighted by Gasteiger charge is 2.54. The summed E-state index contributed by atoms with van der Waals surface area (Å²) < 4.78 is 54.9. The van der Waals surface area contributed by atoms with E-state index in [0.29, 0.717) is 0 Å². The third kappa shape index (κ3) is 6.00. The molecule has 6 aromatic heterocycles. The molecule has 0 spiro atoms. The Morgan fingerprint density at radius 3 is 1.44 bits per heavy atom. The third-order valence-corrected chi connectivity index (χ3v) is 14.2. The predicted molar refractivity (Wildman–Crippen MR) is 198 cm³/mol. The number of nitrogens with zero attached hydrogens (tertiary/aromatic N) is 12. The first-order chi connectivity index (χ1) is 25.8. The number of fused-ring (bicyclic) bond motifs is 2. The van der Waals surface area contributed by atoms with Gasteiger partial charge in [-0.2, -0.15) is 29.3 Å². The zero-order valence-corrected chi connectivity index (χ0v) is 31.6. The first-order valence-electron chi connectivity index (χ1n) is 17.2. The highest BCUT2D eigenvalue weighted by Crippen LogP contribution is 2.40. The summed E-state index contributed by atoms with van der Waals surface area (Å²) in [6, 6.07) is 8.31. The number of hydrogen-bond donors (Lipinski definition) is 2. The Hall–Kier alpha value is -5.54. The van der Waals surface area contributed by atoms with Crippen molar-refractivity contribution in [1.29, 1.82) is 10.5 Å². The van der Waals surface area contributed by atoms with Crippen molar-refractivity contribution in [2.75, 3.05) is 37.7 Å². The quantitative estimate of drug-likeness (QED) is 0.204. The van der Waals surface area contributed by atoms with Gasteiger partial charge < -0.3 is 9.97 Å². The molecule has 2 aliphatic heterocycles. The normalized spacial score (nSPS) is 18.1. The Kier molecular flexibility index (Phi) is 9.34. The number of nitrogens with one attached hydrogen (secondary N) is 2. The lowest BCUT2D eigenvalue weighted by Crippen LogP contribution is -2.67. The smallest absolute Gasteiger partial charge is 0.213 e. The van der Waals surface area contributed by atoms with Crippen LogP contribution in [-0.2, 0) is 31.1 Å². The van der Waals surface area contributed by atoms with Gasteiger partial charge in [-0.3, -0.25) is 9.36 Å². The molecule has 54 heavy (non-hydrogen) atoms. The van der Waals surface area contributed by atoms with E-state index in [2.05, 4.69) is 52.2 Å². The predicted octanol–water partition coefficient (Wildman–Crippen LogP) is 2.68. The second kappa shape index (κ2) is 13.7. The number of aromatic amines is 2. The molecule has 2 atom stereocenters. The van der Waals surface area contributed by atoms with Gasteiger partial charge in [-0.1, -0.05) is 0 Å². The maximum absolute atomic E-state index is 12.1. The van der Waals surface area contributed by atoms with E-state index in [1.807, 2.05) is 24.5 Å². The van der Waals surface area contributed by atoms with E-state index < -0.39 is 43.0 Å². The third-order valence-electron chi connectivity index (χ3n) is 10.6. The van der Waals surface area contributed by atoms with E-state index in [4.69, 9.17) is 0 Å². The largest absolute Gasteiger partial charge is 0.346 e. The molecule has 20 heteroatoms. The van der Waals surface area contributed by atoms with Crippen LogP contribution in [0.25, 0.3) is 44.6 Å². The van der Waals surface area contributed by atoms with E-state index in [0.717, 1.165) is 44.6 Å². The van der Waals surface area contributed by atoms with E-state index >= 15 is 0 Å². The van der Waals surface area contributed by atoms with Crippen molar-refractivity contribution in [3.05, 3.63) is 62.0 Å². The van der Waals surface area contributed by atoms with Gasteiger partial charge in [0.05, 0.1) is 59.3 Å². The van der Waals surface area contributed by atoms with Crippen molar-refractivity contribution >= 4 is 42.1 Å². The molecule has 0 saturated carbocycles. The Balaban J connectivity index is 0.000000167. The fourth-order valence-electron chi connectivity index (χ4n) is 6.94. The standard InChI is InChI=1S/2C17H19N7O2S/c2*1-3-27(25,26)23-9-17(10-23,12(2)6-18)24-8-13(7-22-24)15-14-4-5-19-16(14)21-11-20-15/h2*4-5,7-8,11-12H,3,9-10H2,1-2H3,(H,19,20,21)/t2*12-/m10/s1. The minimum absolute atomic E-state index is 0.0424. The van der Waals surface area contributed by atoms with Gasteiger partial charge in [0.25, 0.3) is 0 Å². The summed E-state index contributed by atoms with van der Waals surface area (Å²) in [6.45, 7) is 7.78. The van der Waals surface area contributed by atoms with Crippen molar-refractivity contribution in [3.8, 4) is 34.7 Å². The van der Waals surface area contributed by atoms with Crippen molar-refractivity contribution in [2.45, 2.75) is 38.8 Å². The fourth-order valence-corrected chi connectivity index (χ4v) is 9.36. The molecule has 18 nitrogen and oxygen atoms in total. The number of sulfonamides is 2. The van der Waals surface area contributed by atoms with Gasteiger partial charge in [0, 0.05) is 72.9 Å². The van der Waals surface area contributed by atoms with Gasteiger partial charge in [-0.05, 0) is 39.8 Å². The van der Waals surface area contributed by atoms with Crippen molar-refractivity contribution in [2.24, 2.45) is 11.8 Å². The summed E-state index contributed by atoms with van der Waals surface area (Å²) in [5.74, 6) is -0.709. The molecule has 0 bridgehead atoms. The molecule has 280 valence electrons. The lowest BCUT2D eigenvalue weighted by molar-refractivity contribution is 0.0357. The molecule has 0 radical (unpaired) electrons. The maximum atomic E-state index is 12.1. The lowest BCUT2D eigenvalue weighted by atomic mass is 9.80. The van der Waals surface area contributed by atoms with Gasteiger partial charge in [0.1, 0.15) is 35.0 Å². The van der Waals surface area contributed by atoms with Crippen LogP contribution in [0.5, 0.6) is 0 Å². The van der Waals surface area contributed by atoms with E-state index in [9.17, 15) is 27.4 Å². The monoisotopic (exact) mass is 770 g/mol. The molecule has 8 heterocycles.